The van der Waals surface area contributed by atoms with Crippen molar-refractivity contribution < 1.29 is 9.53 Å². The molecule has 0 spiro atoms. The fourth-order valence-corrected chi connectivity index (χ4v) is 2.84. The summed E-state index contributed by atoms with van der Waals surface area (Å²) in [4.78, 5) is 22.6. The lowest BCUT2D eigenvalue weighted by atomic mass is 10.2. The zero-order valence-electron chi connectivity index (χ0n) is 12.3. The predicted molar refractivity (Wildman–Crippen MR) is 88.1 cm³/mol. The number of esters is 1. The first-order valence-electron chi connectivity index (χ1n) is 6.76. The van der Waals surface area contributed by atoms with Gasteiger partial charge in [0.1, 0.15) is 12.4 Å². The number of hydrogen-bond donors (Lipinski definition) is 0. The van der Waals surface area contributed by atoms with Gasteiger partial charge in [0, 0.05) is 23.4 Å². The average Bonchev–Trinajstić information content (AvgIpc) is 3.08. The number of aromatic nitrogens is 2. The fraction of sp³-hybridized carbons (Fsp3) is 0.188. The van der Waals surface area contributed by atoms with Crippen molar-refractivity contribution in [3.63, 3.8) is 0 Å². The van der Waals surface area contributed by atoms with Crippen LogP contribution in [0.4, 0.5) is 5.82 Å². The van der Waals surface area contributed by atoms with Crippen molar-refractivity contribution in [2.24, 2.45) is 0 Å². The lowest BCUT2D eigenvalue weighted by molar-refractivity contribution is -0.138. The van der Waals surface area contributed by atoms with Crippen molar-refractivity contribution in [3.8, 4) is 11.4 Å². The molecule has 2 heterocycles. The molecule has 3 aromatic rings. The van der Waals surface area contributed by atoms with Gasteiger partial charge in [0.25, 0.3) is 0 Å². The first kappa shape index (κ1) is 14.5. The Labute approximate surface area is 132 Å². The number of anilines is 1. The molecule has 112 valence electrons. The normalized spacial score (nSPS) is 10.6. The minimum atomic E-state index is -0.303. The number of methoxy groups -OCH3 is 1. The number of nitrogens with zero attached hydrogens (tertiary/aromatic N) is 3. The van der Waals surface area contributed by atoms with Crippen LogP contribution in [0.3, 0.4) is 0 Å². The van der Waals surface area contributed by atoms with Crippen LogP contribution in [0.15, 0.2) is 41.1 Å². The Morgan fingerprint density at radius 3 is 2.82 bits per heavy atom. The third kappa shape index (κ3) is 2.78. The van der Waals surface area contributed by atoms with Crippen LogP contribution in [0.25, 0.3) is 22.3 Å². The van der Waals surface area contributed by atoms with Crippen LogP contribution in [-0.4, -0.2) is 36.6 Å². The van der Waals surface area contributed by atoms with E-state index in [1.54, 1.807) is 16.2 Å². The fourth-order valence-electron chi connectivity index (χ4n) is 2.20. The van der Waals surface area contributed by atoms with Crippen molar-refractivity contribution in [1.29, 1.82) is 0 Å². The van der Waals surface area contributed by atoms with E-state index >= 15 is 0 Å². The molecular formula is C16H15N3O2S. The predicted octanol–water partition coefficient (Wildman–Crippen LogP) is 2.97. The number of benzene rings is 1. The zero-order valence-corrected chi connectivity index (χ0v) is 13.1. The minimum Gasteiger partial charge on any atom is -0.468 e. The summed E-state index contributed by atoms with van der Waals surface area (Å²) >= 11 is 1.60. The summed E-state index contributed by atoms with van der Waals surface area (Å²) in [5.41, 5.74) is 1.83. The van der Waals surface area contributed by atoms with Crippen LogP contribution in [0.1, 0.15) is 0 Å². The molecule has 0 atom stereocenters. The molecule has 0 saturated carbocycles. The summed E-state index contributed by atoms with van der Waals surface area (Å²) in [6, 6.07) is 9.76. The molecule has 3 rings (SSSR count). The smallest absolute Gasteiger partial charge is 0.325 e. The molecule has 0 fully saturated rings. The SMILES string of the molecule is COC(=O)CN(C)c1nc(-c2ccsc2)nc2ccccc12. The minimum absolute atomic E-state index is 0.139. The number of para-hydroxylation sites is 1. The van der Waals surface area contributed by atoms with Crippen LogP contribution in [0, 0.1) is 0 Å². The van der Waals surface area contributed by atoms with E-state index in [0.717, 1.165) is 22.3 Å². The number of hydrogen-bond acceptors (Lipinski definition) is 6. The lowest BCUT2D eigenvalue weighted by Crippen LogP contribution is -2.27. The standard InChI is InChI=1S/C16H15N3O2S/c1-19(9-14(20)21-2)16-12-5-3-4-6-13(12)17-15(18-16)11-7-8-22-10-11/h3-8,10H,9H2,1-2H3. The highest BCUT2D eigenvalue weighted by atomic mass is 32.1. The second kappa shape index (κ2) is 6.11. The molecule has 0 unspecified atom stereocenters. The Morgan fingerprint density at radius 2 is 2.09 bits per heavy atom. The highest BCUT2D eigenvalue weighted by Crippen LogP contribution is 2.27. The van der Waals surface area contributed by atoms with Gasteiger partial charge >= 0.3 is 5.97 Å². The van der Waals surface area contributed by atoms with Crippen molar-refractivity contribution in [2.45, 2.75) is 0 Å². The van der Waals surface area contributed by atoms with E-state index in [1.165, 1.54) is 7.11 Å². The topological polar surface area (TPSA) is 55.3 Å². The van der Waals surface area contributed by atoms with Crippen LogP contribution in [0.5, 0.6) is 0 Å². The van der Waals surface area contributed by atoms with E-state index in [2.05, 4.69) is 9.97 Å². The maximum Gasteiger partial charge on any atom is 0.325 e. The van der Waals surface area contributed by atoms with Crippen LogP contribution >= 0.6 is 11.3 Å². The van der Waals surface area contributed by atoms with E-state index in [-0.39, 0.29) is 12.5 Å². The third-order valence-corrected chi connectivity index (χ3v) is 4.00. The van der Waals surface area contributed by atoms with Crippen molar-refractivity contribution >= 4 is 34.0 Å². The Hall–Kier alpha value is -2.47. The quantitative estimate of drug-likeness (QED) is 0.693. The first-order valence-corrected chi connectivity index (χ1v) is 7.70. The van der Waals surface area contributed by atoms with Gasteiger partial charge in [-0.1, -0.05) is 12.1 Å². The van der Waals surface area contributed by atoms with Crippen molar-refractivity contribution in [3.05, 3.63) is 41.1 Å². The molecular weight excluding hydrogens is 298 g/mol. The van der Waals surface area contributed by atoms with Crippen molar-refractivity contribution in [1.82, 2.24) is 9.97 Å². The highest BCUT2D eigenvalue weighted by molar-refractivity contribution is 7.08. The number of fused-ring (bicyclic) bond motifs is 1. The summed E-state index contributed by atoms with van der Waals surface area (Å²) in [5, 5.41) is 4.91. The lowest BCUT2D eigenvalue weighted by Gasteiger charge is -2.19. The van der Waals surface area contributed by atoms with Gasteiger partial charge in [-0.05, 0) is 23.6 Å². The number of carbonyl (C=O) groups is 1. The molecule has 0 aliphatic heterocycles. The van der Waals surface area contributed by atoms with E-state index in [1.807, 2.05) is 48.1 Å². The van der Waals surface area contributed by atoms with E-state index in [4.69, 9.17) is 4.74 Å². The molecule has 0 N–H and O–H groups in total. The largest absolute Gasteiger partial charge is 0.468 e. The molecule has 0 aliphatic carbocycles. The Bertz CT molecular complexity index is 802. The molecule has 0 bridgehead atoms. The number of likely N-dealkylation sites (N-methyl/N-ethyl adjacent to an activating group) is 1. The first-order chi connectivity index (χ1) is 10.7. The molecule has 6 heteroatoms. The number of thiophene rings is 1. The second-order valence-corrected chi connectivity index (χ2v) is 5.61. The average molecular weight is 313 g/mol. The van der Waals surface area contributed by atoms with Crippen LogP contribution in [-0.2, 0) is 9.53 Å². The van der Waals surface area contributed by atoms with Gasteiger partial charge in [-0.15, -0.1) is 0 Å². The summed E-state index contributed by atoms with van der Waals surface area (Å²) in [6.45, 7) is 0.139. The van der Waals surface area contributed by atoms with Gasteiger partial charge in [0.2, 0.25) is 0 Å². The molecule has 5 nitrogen and oxygen atoms in total. The molecule has 1 aromatic carbocycles. The molecule has 0 saturated heterocycles. The highest BCUT2D eigenvalue weighted by Gasteiger charge is 2.15. The summed E-state index contributed by atoms with van der Waals surface area (Å²) < 4.78 is 4.73. The number of ether oxygens (including phenoxy) is 1. The van der Waals surface area contributed by atoms with E-state index < -0.39 is 0 Å². The number of carbonyl (C=O) groups excluding carboxylic acids is 1. The molecule has 22 heavy (non-hydrogen) atoms. The molecule has 0 aliphatic rings. The summed E-state index contributed by atoms with van der Waals surface area (Å²) in [6.07, 6.45) is 0. The van der Waals surface area contributed by atoms with Crippen molar-refractivity contribution in [2.75, 3.05) is 25.6 Å². The van der Waals surface area contributed by atoms with Crippen LogP contribution in [0.2, 0.25) is 0 Å². The Balaban J connectivity index is 2.12. The monoisotopic (exact) mass is 313 g/mol. The molecule has 0 amide bonds. The van der Waals surface area contributed by atoms with Gasteiger partial charge in [0.05, 0.1) is 12.6 Å². The second-order valence-electron chi connectivity index (χ2n) is 4.83. The van der Waals surface area contributed by atoms with Gasteiger partial charge in [-0.25, -0.2) is 9.97 Å². The van der Waals surface area contributed by atoms with Gasteiger partial charge in [0.15, 0.2) is 5.82 Å². The number of rotatable bonds is 4. The Morgan fingerprint density at radius 1 is 1.27 bits per heavy atom. The van der Waals surface area contributed by atoms with Gasteiger partial charge < -0.3 is 9.64 Å². The summed E-state index contributed by atoms with van der Waals surface area (Å²) in [5.74, 6) is 1.08. The Kier molecular flexibility index (Phi) is 4.02. The maximum absolute atomic E-state index is 11.5. The zero-order chi connectivity index (χ0) is 15.5. The van der Waals surface area contributed by atoms with Gasteiger partial charge in [-0.2, -0.15) is 11.3 Å². The van der Waals surface area contributed by atoms with Gasteiger partial charge in [-0.3, -0.25) is 4.79 Å². The van der Waals surface area contributed by atoms with Crippen LogP contribution < -0.4 is 4.90 Å². The molecule has 2 aromatic heterocycles. The van der Waals surface area contributed by atoms with E-state index in [9.17, 15) is 4.79 Å². The maximum atomic E-state index is 11.5. The molecule has 0 radical (unpaired) electrons. The third-order valence-electron chi connectivity index (χ3n) is 3.32. The summed E-state index contributed by atoms with van der Waals surface area (Å²) in [7, 11) is 3.20. The van der Waals surface area contributed by atoms with E-state index in [0.29, 0.717) is 5.82 Å².